The van der Waals surface area contributed by atoms with E-state index in [0.717, 1.165) is 56.1 Å². The van der Waals surface area contributed by atoms with Gasteiger partial charge in [0.1, 0.15) is 6.61 Å². The smallest absolute Gasteiger partial charge is 0.302 e. The molecule has 0 aliphatic carbocycles. The molecule has 0 radical (unpaired) electrons. The molecule has 0 unspecified atom stereocenters. The van der Waals surface area contributed by atoms with Crippen molar-refractivity contribution in [3.05, 3.63) is 34.9 Å². The molecule has 0 aromatic heterocycles. The fourth-order valence-electron chi connectivity index (χ4n) is 6.49. The molecule has 2 heterocycles. The number of hydrogen-bond donors (Lipinski definition) is 3. The molecule has 2 fully saturated rings. The SMILES string of the molecule is CC(=O)OC/C(C)=C/CC[C@]1(C)[C@@H]2CC[C@@](C)(O2)[C@H]1CC/C=C(\C)CC[C@H](O)[C@@](C)(O)CC/C=C(\C)CO. The lowest BCUT2D eigenvalue weighted by atomic mass is 9.60. The van der Waals surface area contributed by atoms with E-state index in [0.29, 0.717) is 37.9 Å². The van der Waals surface area contributed by atoms with Crippen LogP contribution in [0.3, 0.4) is 0 Å². The minimum absolute atomic E-state index is 0.0228. The number of carbonyl (C=O) groups is 1. The van der Waals surface area contributed by atoms with Crippen LogP contribution in [0.1, 0.15) is 113 Å². The van der Waals surface area contributed by atoms with Crippen molar-refractivity contribution in [3.63, 3.8) is 0 Å². The van der Waals surface area contributed by atoms with E-state index >= 15 is 0 Å². The van der Waals surface area contributed by atoms with Crippen molar-refractivity contribution in [2.45, 2.75) is 136 Å². The first-order chi connectivity index (χ1) is 17.7. The molecule has 6 nitrogen and oxygen atoms in total. The minimum atomic E-state index is -1.14. The summed E-state index contributed by atoms with van der Waals surface area (Å²) in [5.41, 5.74) is 2.14. The zero-order valence-electron chi connectivity index (χ0n) is 25.0. The van der Waals surface area contributed by atoms with E-state index in [4.69, 9.17) is 14.6 Å². The highest BCUT2D eigenvalue weighted by atomic mass is 16.5. The third-order valence-corrected chi connectivity index (χ3v) is 9.13. The van der Waals surface area contributed by atoms with Gasteiger partial charge >= 0.3 is 5.97 Å². The van der Waals surface area contributed by atoms with Gasteiger partial charge in [0, 0.05) is 6.92 Å². The number of ether oxygens (including phenoxy) is 2. The fraction of sp³-hybridized carbons (Fsp3) is 0.781. The lowest BCUT2D eigenvalue weighted by molar-refractivity contribution is -0.139. The number of fused-ring (bicyclic) bond motifs is 2. The Balaban J connectivity index is 1.88. The summed E-state index contributed by atoms with van der Waals surface area (Å²) in [6.45, 7) is 14.2. The summed E-state index contributed by atoms with van der Waals surface area (Å²) in [5.74, 6) is 0.242. The number of aliphatic hydroxyl groups excluding tert-OH is 2. The summed E-state index contributed by atoms with van der Waals surface area (Å²) >= 11 is 0. The van der Waals surface area contributed by atoms with Gasteiger partial charge in [-0.05, 0) is 116 Å². The topological polar surface area (TPSA) is 96.2 Å². The quantitative estimate of drug-likeness (QED) is 0.161. The second-order valence-electron chi connectivity index (χ2n) is 12.7. The molecule has 6 heteroatoms. The van der Waals surface area contributed by atoms with Crippen LogP contribution < -0.4 is 0 Å². The maximum absolute atomic E-state index is 11.1. The summed E-state index contributed by atoms with van der Waals surface area (Å²) in [5, 5.41) is 30.4. The highest BCUT2D eigenvalue weighted by Gasteiger charge is 2.61. The molecular formula is C32H54O6. The summed E-state index contributed by atoms with van der Waals surface area (Å²) in [7, 11) is 0. The molecule has 0 saturated carbocycles. The molecule has 218 valence electrons. The van der Waals surface area contributed by atoms with Crippen molar-refractivity contribution in [2.75, 3.05) is 13.2 Å². The van der Waals surface area contributed by atoms with Gasteiger partial charge in [0.2, 0.25) is 0 Å². The van der Waals surface area contributed by atoms with Gasteiger partial charge in [0.25, 0.3) is 0 Å². The highest BCUT2D eigenvalue weighted by molar-refractivity contribution is 5.66. The Hall–Kier alpha value is -1.47. The van der Waals surface area contributed by atoms with E-state index < -0.39 is 11.7 Å². The molecule has 3 N–H and O–H groups in total. The lowest BCUT2D eigenvalue weighted by Gasteiger charge is -2.42. The predicted molar refractivity (Wildman–Crippen MR) is 153 cm³/mol. The average Bonchev–Trinajstić information content (AvgIpc) is 3.34. The molecule has 38 heavy (non-hydrogen) atoms. The van der Waals surface area contributed by atoms with Gasteiger partial charge in [-0.15, -0.1) is 0 Å². The van der Waals surface area contributed by atoms with Gasteiger partial charge in [0.15, 0.2) is 0 Å². The van der Waals surface area contributed by atoms with Crippen molar-refractivity contribution in [1.29, 1.82) is 0 Å². The zero-order chi connectivity index (χ0) is 28.6. The van der Waals surface area contributed by atoms with E-state index in [1.807, 2.05) is 19.9 Å². The summed E-state index contributed by atoms with van der Waals surface area (Å²) < 4.78 is 11.7. The Kier molecular flexibility index (Phi) is 12.3. The van der Waals surface area contributed by atoms with E-state index in [1.54, 1.807) is 6.92 Å². The van der Waals surface area contributed by atoms with Gasteiger partial charge in [-0.25, -0.2) is 0 Å². The number of hydrogen-bond acceptors (Lipinski definition) is 6. The number of allylic oxidation sites excluding steroid dienone is 4. The molecule has 0 aromatic rings. The molecule has 2 saturated heterocycles. The first kappa shape index (κ1) is 32.7. The van der Waals surface area contributed by atoms with Gasteiger partial charge in [-0.1, -0.05) is 36.3 Å². The molecule has 2 rings (SSSR count). The van der Waals surface area contributed by atoms with Gasteiger partial charge in [-0.3, -0.25) is 4.79 Å². The molecule has 0 aromatic carbocycles. The molecule has 0 spiro atoms. The van der Waals surface area contributed by atoms with Crippen LogP contribution in [0.4, 0.5) is 0 Å². The monoisotopic (exact) mass is 534 g/mol. The predicted octanol–water partition coefficient (Wildman–Crippen LogP) is 6.19. The standard InChI is InChI=1S/C32H54O6/c1-23(15-16-28(35)31(6,36)19-10-12-24(2)21-33)11-8-14-27-30(5,29-17-20-32(27,7)38-29)18-9-13-25(3)22-37-26(4)34/h11-13,27-29,33,35-36H,8-10,14-22H2,1-7H3/b23-11+,24-12+,25-13+/t27-,28-,29-,30-,31-,32+/m0/s1. The maximum atomic E-state index is 11.1. The van der Waals surface area contributed by atoms with Crippen LogP contribution in [-0.2, 0) is 14.3 Å². The van der Waals surface area contributed by atoms with E-state index in [2.05, 4.69) is 32.9 Å². The third-order valence-electron chi connectivity index (χ3n) is 9.13. The maximum Gasteiger partial charge on any atom is 0.302 e. The number of aliphatic hydroxyl groups is 3. The Labute approximate surface area is 231 Å². The largest absolute Gasteiger partial charge is 0.461 e. The van der Waals surface area contributed by atoms with Crippen molar-refractivity contribution in [3.8, 4) is 0 Å². The van der Waals surface area contributed by atoms with Crippen LogP contribution in [-0.4, -0.2) is 57.9 Å². The summed E-state index contributed by atoms with van der Waals surface area (Å²) in [6, 6.07) is 0. The number of esters is 1. The van der Waals surface area contributed by atoms with Crippen LogP contribution in [0.15, 0.2) is 34.9 Å². The molecule has 2 bridgehead atoms. The lowest BCUT2D eigenvalue weighted by Crippen LogP contribution is -2.42. The number of carbonyl (C=O) groups excluding carboxylic acids is 1. The van der Waals surface area contributed by atoms with Crippen LogP contribution in [0.2, 0.25) is 0 Å². The molecule has 0 amide bonds. The highest BCUT2D eigenvalue weighted by Crippen LogP contribution is 2.61. The Morgan fingerprint density at radius 1 is 1.08 bits per heavy atom. The van der Waals surface area contributed by atoms with E-state index in [1.165, 1.54) is 12.5 Å². The van der Waals surface area contributed by atoms with E-state index in [9.17, 15) is 15.0 Å². The van der Waals surface area contributed by atoms with Crippen LogP contribution in [0.5, 0.6) is 0 Å². The Morgan fingerprint density at radius 2 is 1.74 bits per heavy atom. The Morgan fingerprint density at radius 3 is 2.39 bits per heavy atom. The molecule has 2 aliphatic rings. The number of rotatable bonds is 16. The van der Waals surface area contributed by atoms with Crippen LogP contribution in [0.25, 0.3) is 0 Å². The molecular weight excluding hydrogens is 480 g/mol. The zero-order valence-corrected chi connectivity index (χ0v) is 25.0. The first-order valence-electron chi connectivity index (χ1n) is 14.5. The summed E-state index contributed by atoms with van der Waals surface area (Å²) in [4.78, 5) is 11.1. The second-order valence-corrected chi connectivity index (χ2v) is 12.7. The van der Waals surface area contributed by atoms with Crippen molar-refractivity contribution >= 4 is 5.97 Å². The second kappa shape index (κ2) is 14.2. The Bertz CT molecular complexity index is 871. The van der Waals surface area contributed by atoms with Gasteiger partial charge < -0.3 is 24.8 Å². The van der Waals surface area contributed by atoms with Crippen LogP contribution >= 0.6 is 0 Å². The normalized spacial score (nSPS) is 30.4. The minimum Gasteiger partial charge on any atom is -0.461 e. The average molecular weight is 535 g/mol. The van der Waals surface area contributed by atoms with Gasteiger partial charge in [-0.2, -0.15) is 0 Å². The van der Waals surface area contributed by atoms with Crippen molar-refractivity contribution < 1.29 is 29.6 Å². The third kappa shape index (κ3) is 9.04. The molecule has 6 atom stereocenters. The van der Waals surface area contributed by atoms with Crippen molar-refractivity contribution in [1.82, 2.24) is 0 Å². The van der Waals surface area contributed by atoms with E-state index in [-0.39, 0.29) is 23.6 Å². The van der Waals surface area contributed by atoms with Crippen molar-refractivity contribution in [2.24, 2.45) is 11.3 Å². The first-order valence-corrected chi connectivity index (χ1v) is 14.5. The fourth-order valence-corrected chi connectivity index (χ4v) is 6.49. The molecule has 2 aliphatic heterocycles. The van der Waals surface area contributed by atoms with Crippen LogP contribution in [0, 0.1) is 11.3 Å². The van der Waals surface area contributed by atoms with Gasteiger partial charge in [0.05, 0.1) is 30.0 Å². The summed E-state index contributed by atoms with van der Waals surface area (Å²) in [6.07, 6.45) is 14.6.